The fourth-order valence-electron chi connectivity index (χ4n) is 3.28. The molecule has 1 aromatic heterocycles. The third-order valence-corrected chi connectivity index (χ3v) is 4.63. The maximum atomic E-state index is 12.9. The number of ether oxygens (including phenoxy) is 2. The molecule has 2 aromatic rings. The average Bonchev–Trinajstić information content (AvgIpc) is 3.14. The van der Waals surface area contributed by atoms with Gasteiger partial charge >= 0.3 is 0 Å². The minimum Gasteiger partial charge on any atom is -0.487 e. The number of nitrogens with one attached hydrogen (secondary N) is 1. The minimum atomic E-state index is -0.560. The molecule has 1 aliphatic heterocycles. The van der Waals surface area contributed by atoms with Crippen molar-refractivity contribution in [2.24, 2.45) is 0 Å². The van der Waals surface area contributed by atoms with Crippen LogP contribution in [0, 0.1) is 0 Å². The summed E-state index contributed by atoms with van der Waals surface area (Å²) in [5.41, 5.74) is 0.919. The Balaban J connectivity index is 1.69. The van der Waals surface area contributed by atoms with E-state index in [1.54, 1.807) is 30.5 Å². The van der Waals surface area contributed by atoms with Crippen molar-refractivity contribution in [3.05, 3.63) is 60.4 Å². The van der Waals surface area contributed by atoms with Crippen LogP contribution in [0.2, 0.25) is 0 Å². The number of amides is 2. The monoisotopic (exact) mass is 383 g/mol. The van der Waals surface area contributed by atoms with Crippen LogP contribution in [-0.2, 0) is 20.7 Å². The molecule has 0 saturated carbocycles. The van der Waals surface area contributed by atoms with E-state index >= 15 is 0 Å². The highest BCUT2D eigenvalue weighted by Crippen LogP contribution is 2.24. The maximum absolute atomic E-state index is 12.9. The summed E-state index contributed by atoms with van der Waals surface area (Å²) in [4.78, 5) is 31.2. The van der Waals surface area contributed by atoms with Crippen LogP contribution < -0.4 is 10.1 Å². The van der Waals surface area contributed by atoms with Crippen LogP contribution in [0.25, 0.3) is 0 Å². The quantitative estimate of drug-likeness (QED) is 0.698. The predicted octanol–water partition coefficient (Wildman–Crippen LogP) is 1.44. The van der Waals surface area contributed by atoms with Crippen molar-refractivity contribution in [2.75, 3.05) is 26.8 Å². The lowest BCUT2D eigenvalue weighted by molar-refractivity contribution is -0.138. The summed E-state index contributed by atoms with van der Waals surface area (Å²) in [6.07, 6.45) is 3.73. The molecule has 7 nitrogen and oxygen atoms in total. The van der Waals surface area contributed by atoms with Crippen LogP contribution in [-0.4, -0.2) is 60.7 Å². The molecule has 1 fully saturated rings. The predicted molar refractivity (Wildman–Crippen MR) is 104 cm³/mol. The first-order valence-corrected chi connectivity index (χ1v) is 9.34. The molecule has 0 radical (unpaired) electrons. The van der Waals surface area contributed by atoms with Gasteiger partial charge in [-0.3, -0.25) is 14.6 Å². The first kappa shape index (κ1) is 19.8. The molecule has 148 valence electrons. The Morgan fingerprint density at radius 2 is 2.04 bits per heavy atom. The number of nitrogens with zero attached hydrogens (tertiary/aromatic N) is 2. The van der Waals surface area contributed by atoms with E-state index in [0.29, 0.717) is 31.9 Å². The highest BCUT2D eigenvalue weighted by molar-refractivity contribution is 5.89. The molecule has 0 spiro atoms. The number of hydrogen-bond donors (Lipinski definition) is 1. The number of rotatable bonds is 8. The van der Waals surface area contributed by atoms with Gasteiger partial charge in [-0.1, -0.05) is 30.3 Å². The van der Waals surface area contributed by atoms with E-state index in [4.69, 9.17) is 9.47 Å². The van der Waals surface area contributed by atoms with Gasteiger partial charge in [-0.2, -0.15) is 0 Å². The molecule has 7 heteroatoms. The normalized spacial score (nSPS) is 18.7. The zero-order valence-electron chi connectivity index (χ0n) is 15.9. The van der Waals surface area contributed by atoms with Crippen molar-refractivity contribution in [3.63, 3.8) is 0 Å². The van der Waals surface area contributed by atoms with E-state index < -0.39 is 6.04 Å². The standard InChI is InChI=1S/C21H25N3O4/c1-27-11-10-23-21(26)19-13-18(28-17-8-5-9-22-14-17)15-24(19)20(25)12-16-6-3-2-4-7-16/h2-9,14,18-19H,10-13,15H2,1H3,(H,23,26). The molecule has 28 heavy (non-hydrogen) atoms. The number of hydrogen-bond acceptors (Lipinski definition) is 5. The van der Waals surface area contributed by atoms with Crippen molar-refractivity contribution in [3.8, 4) is 5.75 Å². The van der Waals surface area contributed by atoms with Gasteiger partial charge in [-0.15, -0.1) is 0 Å². The van der Waals surface area contributed by atoms with Crippen LogP contribution in [0.1, 0.15) is 12.0 Å². The van der Waals surface area contributed by atoms with E-state index in [2.05, 4.69) is 10.3 Å². The fourth-order valence-corrected chi connectivity index (χ4v) is 3.28. The summed E-state index contributed by atoms with van der Waals surface area (Å²) in [7, 11) is 1.58. The number of pyridine rings is 1. The van der Waals surface area contributed by atoms with Crippen LogP contribution in [0.5, 0.6) is 5.75 Å². The van der Waals surface area contributed by atoms with Crippen LogP contribution in [0.4, 0.5) is 0 Å². The van der Waals surface area contributed by atoms with Gasteiger partial charge in [0.05, 0.1) is 25.8 Å². The van der Waals surface area contributed by atoms with Crippen molar-refractivity contribution in [1.82, 2.24) is 15.2 Å². The zero-order chi connectivity index (χ0) is 19.8. The van der Waals surface area contributed by atoms with Crippen LogP contribution in [0.15, 0.2) is 54.9 Å². The van der Waals surface area contributed by atoms with Gasteiger partial charge in [-0.05, 0) is 17.7 Å². The molecule has 2 amide bonds. The molecule has 2 atom stereocenters. The lowest BCUT2D eigenvalue weighted by atomic mass is 10.1. The van der Waals surface area contributed by atoms with Gasteiger partial charge < -0.3 is 19.7 Å². The highest BCUT2D eigenvalue weighted by atomic mass is 16.5. The van der Waals surface area contributed by atoms with E-state index in [1.165, 1.54) is 0 Å². The molecule has 0 aliphatic carbocycles. The van der Waals surface area contributed by atoms with Gasteiger partial charge in [0.25, 0.3) is 0 Å². The fraction of sp³-hybridized carbons (Fsp3) is 0.381. The molecular formula is C21H25N3O4. The van der Waals surface area contributed by atoms with Gasteiger partial charge in [0, 0.05) is 26.3 Å². The molecule has 3 rings (SSSR count). The highest BCUT2D eigenvalue weighted by Gasteiger charge is 2.40. The molecule has 0 bridgehead atoms. The number of carbonyl (C=O) groups excluding carboxylic acids is 2. The Hall–Kier alpha value is -2.93. The number of likely N-dealkylation sites (tertiary alicyclic amines) is 1. The van der Waals surface area contributed by atoms with Crippen molar-refractivity contribution in [1.29, 1.82) is 0 Å². The summed E-state index contributed by atoms with van der Waals surface area (Å²) < 4.78 is 10.9. The summed E-state index contributed by atoms with van der Waals surface area (Å²) in [6, 6.07) is 12.6. The van der Waals surface area contributed by atoms with Crippen molar-refractivity contribution >= 4 is 11.8 Å². The molecule has 1 aromatic carbocycles. The Morgan fingerprint density at radius 1 is 1.21 bits per heavy atom. The van der Waals surface area contributed by atoms with Crippen molar-refractivity contribution < 1.29 is 19.1 Å². The minimum absolute atomic E-state index is 0.0876. The second-order valence-corrected chi connectivity index (χ2v) is 6.67. The summed E-state index contributed by atoms with van der Waals surface area (Å²) in [5, 5.41) is 2.83. The van der Waals surface area contributed by atoms with Gasteiger partial charge in [-0.25, -0.2) is 0 Å². The zero-order valence-corrected chi connectivity index (χ0v) is 15.9. The lowest BCUT2D eigenvalue weighted by Gasteiger charge is -2.23. The largest absolute Gasteiger partial charge is 0.487 e. The van der Waals surface area contributed by atoms with Gasteiger partial charge in [0.15, 0.2) is 0 Å². The van der Waals surface area contributed by atoms with E-state index in [-0.39, 0.29) is 24.3 Å². The Morgan fingerprint density at radius 3 is 2.75 bits per heavy atom. The third kappa shape index (κ3) is 5.29. The molecule has 2 heterocycles. The number of methoxy groups -OCH3 is 1. The molecule has 2 unspecified atom stereocenters. The number of carbonyl (C=O) groups is 2. The van der Waals surface area contributed by atoms with Gasteiger partial charge in [0.2, 0.25) is 11.8 Å². The summed E-state index contributed by atoms with van der Waals surface area (Å²) in [5.74, 6) is 0.356. The maximum Gasteiger partial charge on any atom is 0.243 e. The lowest BCUT2D eigenvalue weighted by Crippen LogP contribution is -2.47. The molecule has 1 N–H and O–H groups in total. The van der Waals surface area contributed by atoms with Crippen molar-refractivity contribution in [2.45, 2.75) is 25.0 Å². The topological polar surface area (TPSA) is 80.8 Å². The van der Waals surface area contributed by atoms with Gasteiger partial charge in [0.1, 0.15) is 17.9 Å². The number of benzene rings is 1. The first-order chi connectivity index (χ1) is 13.7. The SMILES string of the molecule is COCCNC(=O)C1CC(Oc2cccnc2)CN1C(=O)Cc1ccccc1. The second-order valence-electron chi connectivity index (χ2n) is 6.67. The Bertz CT molecular complexity index is 770. The van der Waals surface area contributed by atoms with Crippen LogP contribution >= 0.6 is 0 Å². The molecular weight excluding hydrogens is 358 g/mol. The van der Waals surface area contributed by atoms with Crippen LogP contribution in [0.3, 0.4) is 0 Å². The Kier molecular flexibility index (Phi) is 6.97. The molecule has 1 aliphatic rings. The molecule has 1 saturated heterocycles. The first-order valence-electron chi connectivity index (χ1n) is 9.34. The summed E-state index contributed by atoms with van der Waals surface area (Å²) in [6.45, 7) is 1.19. The smallest absolute Gasteiger partial charge is 0.243 e. The van der Waals surface area contributed by atoms with E-state index in [9.17, 15) is 9.59 Å². The second kappa shape index (κ2) is 9.85. The Labute approximate surface area is 164 Å². The summed E-state index contributed by atoms with van der Waals surface area (Å²) >= 11 is 0. The third-order valence-electron chi connectivity index (χ3n) is 4.63. The van der Waals surface area contributed by atoms with E-state index in [0.717, 1.165) is 5.56 Å². The van der Waals surface area contributed by atoms with E-state index in [1.807, 2.05) is 36.4 Å². The average molecular weight is 383 g/mol. The number of aromatic nitrogens is 1.